The fraction of sp³-hybridized carbons (Fsp3) is 0.900. The van der Waals surface area contributed by atoms with Gasteiger partial charge in [0, 0.05) is 13.2 Å². The van der Waals surface area contributed by atoms with Gasteiger partial charge in [-0.1, -0.05) is 0 Å². The van der Waals surface area contributed by atoms with E-state index < -0.39 is 5.41 Å². The molecule has 1 unspecified atom stereocenters. The van der Waals surface area contributed by atoms with Crippen LogP contribution in [0.15, 0.2) is 0 Å². The summed E-state index contributed by atoms with van der Waals surface area (Å²) < 4.78 is 9.86. The molecular formula is C10H21NO3. The number of hydrogen-bond donors (Lipinski definition) is 1. The van der Waals surface area contributed by atoms with E-state index in [9.17, 15) is 4.79 Å². The first-order chi connectivity index (χ1) is 6.44. The molecule has 0 aromatic heterocycles. The molecular weight excluding hydrogens is 182 g/mol. The molecule has 0 fully saturated rings. The second-order valence-electron chi connectivity index (χ2n) is 4.02. The Balaban J connectivity index is 4.10. The van der Waals surface area contributed by atoms with Crippen molar-refractivity contribution in [2.45, 2.75) is 33.2 Å². The van der Waals surface area contributed by atoms with Crippen LogP contribution < -0.4 is 5.73 Å². The lowest BCUT2D eigenvalue weighted by atomic mass is 9.86. The smallest absolute Gasteiger partial charge is 0.311 e. The van der Waals surface area contributed by atoms with Crippen LogP contribution in [0, 0.1) is 5.41 Å². The van der Waals surface area contributed by atoms with Crippen molar-refractivity contribution in [3.63, 3.8) is 0 Å². The number of esters is 1. The average molecular weight is 203 g/mol. The Labute approximate surface area is 85.8 Å². The summed E-state index contributed by atoms with van der Waals surface area (Å²) in [6.45, 7) is 6.33. The van der Waals surface area contributed by atoms with Gasteiger partial charge in [-0.25, -0.2) is 0 Å². The Morgan fingerprint density at radius 2 is 2.07 bits per heavy atom. The van der Waals surface area contributed by atoms with E-state index in [2.05, 4.69) is 0 Å². The number of rotatable bonds is 6. The van der Waals surface area contributed by atoms with Crippen LogP contribution in [0.2, 0.25) is 0 Å². The zero-order chi connectivity index (χ0) is 11.2. The lowest BCUT2D eigenvalue weighted by Gasteiger charge is -2.25. The van der Waals surface area contributed by atoms with Crippen LogP contribution >= 0.6 is 0 Å². The SMILES string of the molecule is CCOC(=O)C(C)(C)CC(N)COC. The van der Waals surface area contributed by atoms with Gasteiger partial charge in [-0.05, 0) is 27.2 Å². The summed E-state index contributed by atoms with van der Waals surface area (Å²) in [6, 6.07) is -0.126. The molecule has 4 heteroatoms. The third-order valence-corrected chi connectivity index (χ3v) is 1.98. The molecule has 0 radical (unpaired) electrons. The molecule has 0 aromatic rings. The number of hydrogen-bond acceptors (Lipinski definition) is 4. The predicted molar refractivity (Wildman–Crippen MR) is 54.9 cm³/mol. The maximum atomic E-state index is 11.5. The molecule has 0 saturated heterocycles. The third kappa shape index (κ3) is 4.58. The van der Waals surface area contributed by atoms with E-state index in [4.69, 9.17) is 15.2 Å². The van der Waals surface area contributed by atoms with Crippen LogP contribution in [0.3, 0.4) is 0 Å². The van der Waals surface area contributed by atoms with Gasteiger partial charge in [-0.3, -0.25) is 4.79 Å². The van der Waals surface area contributed by atoms with Crippen molar-refractivity contribution in [1.82, 2.24) is 0 Å². The van der Waals surface area contributed by atoms with E-state index in [1.54, 1.807) is 14.0 Å². The summed E-state index contributed by atoms with van der Waals surface area (Å²) in [5, 5.41) is 0. The molecule has 14 heavy (non-hydrogen) atoms. The Morgan fingerprint density at radius 3 is 2.50 bits per heavy atom. The van der Waals surface area contributed by atoms with Gasteiger partial charge < -0.3 is 15.2 Å². The normalized spacial score (nSPS) is 13.8. The van der Waals surface area contributed by atoms with Gasteiger partial charge >= 0.3 is 5.97 Å². The number of carbonyl (C=O) groups excluding carboxylic acids is 1. The van der Waals surface area contributed by atoms with Crippen molar-refractivity contribution in [3.8, 4) is 0 Å². The van der Waals surface area contributed by atoms with Crippen LogP contribution in [0.5, 0.6) is 0 Å². The Hall–Kier alpha value is -0.610. The van der Waals surface area contributed by atoms with Gasteiger partial charge in [0.1, 0.15) is 0 Å². The van der Waals surface area contributed by atoms with Gasteiger partial charge in [0.25, 0.3) is 0 Å². The second-order valence-corrected chi connectivity index (χ2v) is 4.02. The summed E-state index contributed by atoms with van der Waals surface area (Å²) in [4.78, 5) is 11.5. The van der Waals surface area contributed by atoms with E-state index in [1.165, 1.54) is 0 Å². The molecule has 0 spiro atoms. The molecule has 0 heterocycles. The van der Waals surface area contributed by atoms with E-state index >= 15 is 0 Å². The van der Waals surface area contributed by atoms with Crippen molar-refractivity contribution < 1.29 is 14.3 Å². The van der Waals surface area contributed by atoms with Gasteiger partial charge in [0.05, 0.1) is 18.6 Å². The van der Waals surface area contributed by atoms with Gasteiger partial charge in [0.2, 0.25) is 0 Å². The van der Waals surface area contributed by atoms with Crippen LogP contribution in [0.4, 0.5) is 0 Å². The summed E-state index contributed by atoms with van der Waals surface area (Å²) in [5.74, 6) is -0.202. The molecule has 0 aliphatic heterocycles. The minimum absolute atomic E-state index is 0.126. The lowest BCUT2D eigenvalue weighted by molar-refractivity contribution is -0.154. The zero-order valence-corrected chi connectivity index (χ0v) is 9.50. The van der Waals surface area contributed by atoms with Gasteiger partial charge in [0.15, 0.2) is 0 Å². The van der Waals surface area contributed by atoms with Crippen LogP contribution in [0.1, 0.15) is 27.2 Å². The van der Waals surface area contributed by atoms with Crippen LogP contribution in [0.25, 0.3) is 0 Å². The molecule has 2 N–H and O–H groups in total. The fourth-order valence-corrected chi connectivity index (χ4v) is 1.34. The van der Waals surface area contributed by atoms with Gasteiger partial charge in [-0.15, -0.1) is 0 Å². The molecule has 0 amide bonds. The largest absolute Gasteiger partial charge is 0.466 e. The van der Waals surface area contributed by atoms with Crippen molar-refractivity contribution in [2.24, 2.45) is 11.1 Å². The molecule has 0 bridgehead atoms. The third-order valence-electron chi connectivity index (χ3n) is 1.98. The van der Waals surface area contributed by atoms with Gasteiger partial charge in [-0.2, -0.15) is 0 Å². The number of nitrogens with two attached hydrogens (primary N) is 1. The second kappa shape index (κ2) is 5.98. The Morgan fingerprint density at radius 1 is 1.50 bits per heavy atom. The quantitative estimate of drug-likeness (QED) is 0.653. The molecule has 0 saturated carbocycles. The van der Waals surface area contributed by atoms with E-state index in [1.807, 2.05) is 13.8 Å². The van der Waals surface area contributed by atoms with E-state index in [0.717, 1.165) is 0 Å². The summed E-state index contributed by atoms with van der Waals surface area (Å²) in [6.07, 6.45) is 0.569. The fourth-order valence-electron chi connectivity index (χ4n) is 1.34. The summed E-state index contributed by atoms with van der Waals surface area (Å²) >= 11 is 0. The summed E-state index contributed by atoms with van der Waals surface area (Å²) in [5.41, 5.74) is 5.24. The zero-order valence-electron chi connectivity index (χ0n) is 9.50. The molecule has 0 aromatic carbocycles. The van der Waals surface area contributed by atoms with Crippen molar-refractivity contribution >= 4 is 5.97 Å². The maximum absolute atomic E-state index is 11.5. The van der Waals surface area contributed by atoms with E-state index in [-0.39, 0.29) is 12.0 Å². The molecule has 1 atom stereocenters. The molecule has 0 aliphatic carbocycles. The monoisotopic (exact) mass is 203 g/mol. The number of ether oxygens (including phenoxy) is 2. The topological polar surface area (TPSA) is 61.5 Å². The average Bonchev–Trinajstić information content (AvgIpc) is 2.03. The number of methoxy groups -OCH3 is 1. The Kier molecular flexibility index (Phi) is 5.72. The Bertz CT molecular complexity index is 180. The molecule has 4 nitrogen and oxygen atoms in total. The standard InChI is InChI=1S/C10H21NO3/c1-5-14-9(12)10(2,3)6-8(11)7-13-4/h8H,5-7,11H2,1-4H3. The van der Waals surface area contributed by atoms with E-state index in [0.29, 0.717) is 19.6 Å². The maximum Gasteiger partial charge on any atom is 0.311 e. The predicted octanol–water partition coefficient (Wildman–Crippen LogP) is 0.940. The first kappa shape index (κ1) is 13.4. The van der Waals surface area contributed by atoms with Crippen molar-refractivity contribution in [2.75, 3.05) is 20.3 Å². The van der Waals surface area contributed by atoms with Crippen molar-refractivity contribution in [1.29, 1.82) is 0 Å². The first-order valence-electron chi connectivity index (χ1n) is 4.85. The molecule has 0 aliphatic rings. The first-order valence-corrected chi connectivity index (χ1v) is 4.85. The molecule has 0 rings (SSSR count). The minimum Gasteiger partial charge on any atom is -0.466 e. The van der Waals surface area contributed by atoms with Crippen molar-refractivity contribution in [3.05, 3.63) is 0 Å². The minimum atomic E-state index is -0.534. The molecule has 84 valence electrons. The highest BCUT2D eigenvalue weighted by molar-refractivity contribution is 5.75. The highest BCUT2D eigenvalue weighted by Gasteiger charge is 2.31. The highest BCUT2D eigenvalue weighted by Crippen LogP contribution is 2.23. The van der Waals surface area contributed by atoms with Crippen LogP contribution in [-0.2, 0) is 14.3 Å². The summed E-state index contributed by atoms with van der Waals surface area (Å²) in [7, 11) is 1.59. The highest BCUT2D eigenvalue weighted by atomic mass is 16.5. The number of carbonyl (C=O) groups is 1. The lowest BCUT2D eigenvalue weighted by Crippen LogP contribution is -2.37. The van der Waals surface area contributed by atoms with Crippen LogP contribution in [-0.4, -0.2) is 32.3 Å².